The van der Waals surface area contributed by atoms with Gasteiger partial charge in [-0.05, 0) is 25.1 Å². The number of hydrogen-bond donors (Lipinski definition) is 1. The van der Waals surface area contributed by atoms with Gasteiger partial charge in [-0.2, -0.15) is 13.2 Å². The Balaban J connectivity index is 0.00000341. The minimum absolute atomic E-state index is 0. The molecule has 2 heterocycles. The summed E-state index contributed by atoms with van der Waals surface area (Å²) in [5.74, 6) is -0.114. The monoisotopic (exact) mass is 464 g/mol. The lowest BCUT2D eigenvalue weighted by atomic mass is 10.1. The first kappa shape index (κ1) is 25.1. The predicted molar refractivity (Wildman–Crippen MR) is 113 cm³/mol. The Bertz CT molecular complexity index is 757. The van der Waals surface area contributed by atoms with Gasteiger partial charge in [-0.1, -0.05) is 19.1 Å². The fourth-order valence-electron chi connectivity index (χ4n) is 3.67. The van der Waals surface area contributed by atoms with Gasteiger partial charge in [0.15, 0.2) is 6.61 Å². The van der Waals surface area contributed by atoms with Gasteiger partial charge in [0.2, 0.25) is 5.91 Å². The van der Waals surface area contributed by atoms with Crippen LogP contribution in [-0.4, -0.2) is 80.3 Å². The summed E-state index contributed by atoms with van der Waals surface area (Å²) >= 11 is 0. The number of alkyl halides is 3. The minimum atomic E-state index is -4.38. The molecule has 1 aromatic carbocycles. The average Bonchev–Trinajstić information content (AvgIpc) is 2.72. The van der Waals surface area contributed by atoms with E-state index in [1.54, 1.807) is 31.2 Å². The van der Waals surface area contributed by atoms with Crippen molar-refractivity contribution in [2.24, 2.45) is 5.92 Å². The van der Waals surface area contributed by atoms with Crippen molar-refractivity contribution in [1.82, 2.24) is 15.1 Å². The molecule has 1 N–H and O–H groups in total. The molecule has 31 heavy (non-hydrogen) atoms. The Morgan fingerprint density at radius 3 is 2.45 bits per heavy atom. The lowest BCUT2D eigenvalue weighted by Gasteiger charge is -2.37. The molecule has 0 bridgehead atoms. The molecule has 1 atom stereocenters. The van der Waals surface area contributed by atoms with Gasteiger partial charge in [-0.3, -0.25) is 14.6 Å². The van der Waals surface area contributed by atoms with Crippen LogP contribution in [0, 0.1) is 5.92 Å². The van der Waals surface area contributed by atoms with E-state index in [0.717, 1.165) is 19.6 Å². The Morgan fingerprint density at radius 1 is 1.10 bits per heavy atom. The smallest absolute Gasteiger partial charge is 0.422 e. The van der Waals surface area contributed by atoms with Gasteiger partial charge in [0.25, 0.3) is 0 Å². The summed E-state index contributed by atoms with van der Waals surface area (Å²) in [5.41, 5.74) is 0.658. The third-order valence-electron chi connectivity index (χ3n) is 5.32. The van der Waals surface area contributed by atoms with Gasteiger partial charge in [0.05, 0.1) is 11.6 Å². The number of benzene rings is 1. The van der Waals surface area contributed by atoms with E-state index in [-0.39, 0.29) is 36.0 Å². The van der Waals surface area contributed by atoms with Gasteiger partial charge in [0.1, 0.15) is 5.75 Å². The molecule has 0 saturated carbocycles. The number of ether oxygens (including phenoxy) is 1. The van der Waals surface area contributed by atoms with Crippen LogP contribution < -0.4 is 15.0 Å². The summed E-state index contributed by atoms with van der Waals surface area (Å²) < 4.78 is 42.5. The van der Waals surface area contributed by atoms with E-state index in [0.29, 0.717) is 38.3 Å². The van der Waals surface area contributed by atoms with Crippen LogP contribution >= 0.6 is 12.4 Å². The summed E-state index contributed by atoms with van der Waals surface area (Å²) in [6.07, 6.45) is -3.70. The number of halogens is 4. The van der Waals surface area contributed by atoms with E-state index in [1.807, 2.05) is 4.90 Å². The van der Waals surface area contributed by atoms with Crippen molar-refractivity contribution in [1.29, 1.82) is 0 Å². The normalized spacial score (nSPS) is 20.3. The SMILES string of the molecule is CC1CNC(=O)N(CCCN2CCN(c3ccccc3OCC(F)(F)F)CC2)C1=O.Cl. The Morgan fingerprint density at radius 2 is 1.77 bits per heavy atom. The number of piperazine rings is 1. The molecule has 3 amide bonds. The molecule has 3 rings (SSSR count). The summed E-state index contributed by atoms with van der Waals surface area (Å²) in [4.78, 5) is 29.5. The zero-order chi connectivity index (χ0) is 21.7. The summed E-state index contributed by atoms with van der Waals surface area (Å²) in [5, 5.41) is 2.71. The largest absolute Gasteiger partial charge is 0.482 e. The zero-order valence-corrected chi connectivity index (χ0v) is 18.2. The molecule has 1 unspecified atom stereocenters. The van der Waals surface area contributed by atoms with Crippen LogP contribution in [0.2, 0.25) is 0 Å². The molecule has 2 saturated heterocycles. The second-order valence-corrected chi connectivity index (χ2v) is 7.63. The van der Waals surface area contributed by atoms with Crippen LogP contribution in [0.1, 0.15) is 13.3 Å². The van der Waals surface area contributed by atoms with Crippen LogP contribution in [-0.2, 0) is 4.79 Å². The number of anilines is 1. The lowest BCUT2D eigenvalue weighted by molar-refractivity contribution is -0.153. The molecule has 0 aromatic heterocycles. The van der Waals surface area contributed by atoms with Crippen molar-refractivity contribution >= 4 is 30.0 Å². The molecule has 1 aromatic rings. The quantitative estimate of drug-likeness (QED) is 0.672. The van der Waals surface area contributed by atoms with E-state index in [1.165, 1.54) is 4.90 Å². The van der Waals surface area contributed by atoms with Gasteiger partial charge >= 0.3 is 12.2 Å². The average molecular weight is 465 g/mol. The Kier molecular flexibility index (Phi) is 8.81. The van der Waals surface area contributed by atoms with E-state index in [4.69, 9.17) is 4.74 Å². The minimum Gasteiger partial charge on any atom is -0.482 e. The molecule has 2 aliphatic heterocycles. The van der Waals surface area contributed by atoms with Gasteiger partial charge < -0.3 is 15.0 Å². The number of imide groups is 1. The van der Waals surface area contributed by atoms with Crippen molar-refractivity contribution in [2.75, 3.05) is 57.3 Å². The highest BCUT2D eigenvalue weighted by Gasteiger charge is 2.31. The number of urea groups is 1. The number of para-hydroxylation sites is 2. The number of carbonyl (C=O) groups excluding carboxylic acids is 2. The van der Waals surface area contributed by atoms with E-state index < -0.39 is 12.8 Å². The third-order valence-corrected chi connectivity index (χ3v) is 5.32. The molecule has 0 spiro atoms. The predicted octanol–water partition coefficient (Wildman–Crippen LogP) is 2.75. The van der Waals surface area contributed by atoms with Crippen LogP contribution in [0.3, 0.4) is 0 Å². The number of carbonyl (C=O) groups is 2. The second kappa shape index (κ2) is 10.9. The third kappa shape index (κ3) is 6.90. The summed E-state index contributed by atoms with van der Waals surface area (Å²) in [6, 6.07) is 6.42. The van der Waals surface area contributed by atoms with Crippen LogP contribution in [0.4, 0.5) is 23.7 Å². The van der Waals surface area contributed by atoms with Crippen molar-refractivity contribution in [3.63, 3.8) is 0 Å². The standard InChI is InChI=1S/C20H27F3N4O3.ClH/c1-15-13-24-19(29)27(18(15)28)8-4-7-25-9-11-26(12-10-25)16-5-2-3-6-17(16)30-14-20(21,22)23;/h2-3,5-6,15H,4,7-14H2,1H3,(H,24,29);1H. The van der Waals surface area contributed by atoms with Crippen molar-refractivity contribution in [3.8, 4) is 5.75 Å². The van der Waals surface area contributed by atoms with Crippen molar-refractivity contribution < 1.29 is 27.5 Å². The number of hydrogen-bond acceptors (Lipinski definition) is 5. The van der Waals surface area contributed by atoms with Crippen molar-refractivity contribution in [2.45, 2.75) is 19.5 Å². The maximum atomic E-state index is 12.5. The number of rotatable bonds is 7. The fraction of sp³-hybridized carbons (Fsp3) is 0.600. The highest BCUT2D eigenvalue weighted by atomic mass is 35.5. The maximum absolute atomic E-state index is 12.5. The highest BCUT2D eigenvalue weighted by molar-refractivity contribution is 5.97. The first-order valence-electron chi connectivity index (χ1n) is 10.1. The lowest BCUT2D eigenvalue weighted by Crippen LogP contribution is -2.54. The first-order valence-corrected chi connectivity index (χ1v) is 10.1. The number of amides is 3. The molecule has 0 aliphatic carbocycles. The molecule has 2 fully saturated rings. The number of nitrogens with zero attached hydrogens (tertiary/aromatic N) is 3. The summed E-state index contributed by atoms with van der Waals surface area (Å²) in [6.45, 7) is 4.78. The van der Waals surface area contributed by atoms with E-state index >= 15 is 0 Å². The van der Waals surface area contributed by atoms with Gasteiger partial charge in [-0.15, -0.1) is 12.4 Å². The maximum Gasteiger partial charge on any atom is 0.422 e. The molecular formula is C20H28ClF3N4O3. The van der Waals surface area contributed by atoms with Gasteiger partial charge in [0, 0.05) is 39.3 Å². The Hall–Kier alpha value is -2.20. The molecule has 2 aliphatic rings. The molecule has 174 valence electrons. The first-order chi connectivity index (χ1) is 14.2. The van der Waals surface area contributed by atoms with Crippen LogP contribution in [0.15, 0.2) is 24.3 Å². The van der Waals surface area contributed by atoms with Crippen LogP contribution in [0.5, 0.6) is 5.75 Å². The molecular weight excluding hydrogens is 437 g/mol. The fourth-order valence-corrected chi connectivity index (χ4v) is 3.67. The molecule has 7 nitrogen and oxygen atoms in total. The summed E-state index contributed by atoms with van der Waals surface area (Å²) in [7, 11) is 0. The van der Waals surface area contributed by atoms with Gasteiger partial charge in [-0.25, -0.2) is 4.79 Å². The Labute approximate surface area is 185 Å². The molecule has 11 heteroatoms. The topological polar surface area (TPSA) is 65.1 Å². The van der Waals surface area contributed by atoms with E-state index in [9.17, 15) is 22.8 Å². The number of nitrogens with one attached hydrogen (secondary N) is 1. The van der Waals surface area contributed by atoms with Crippen molar-refractivity contribution in [3.05, 3.63) is 24.3 Å². The second-order valence-electron chi connectivity index (χ2n) is 7.63. The van der Waals surface area contributed by atoms with E-state index in [2.05, 4.69) is 10.2 Å². The van der Waals surface area contributed by atoms with Crippen LogP contribution in [0.25, 0.3) is 0 Å². The molecule has 0 radical (unpaired) electrons. The zero-order valence-electron chi connectivity index (χ0n) is 17.4. The highest BCUT2D eigenvalue weighted by Crippen LogP contribution is 2.30.